The van der Waals surface area contributed by atoms with Crippen LogP contribution in [-0.2, 0) is 13.0 Å². The third kappa shape index (κ3) is 4.50. The number of aromatic nitrogens is 4. The molecule has 1 fully saturated rings. The van der Waals surface area contributed by atoms with Crippen molar-refractivity contribution >= 4 is 16.8 Å². The van der Waals surface area contributed by atoms with Crippen LogP contribution < -0.4 is 0 Å². The fourth-order valence-electron chi connectivity index (χ4n) is 4.49. The second kappa shape index (κ2) is 9.11. The molecule has 1 saturated heterocycles. The van der Waals surface area contributed by atoms with Crippen LogP contribution >= 0.6 is 0 Å². The van der Waals surface area contributed by atoms with Gasteiger partial charge in [-0.3, -0.25) is 14.7 Å². The maximum Gasteiger partial charge on any atom is 0.276 e. The van der Waals surface area contributed by atoms with Gasteiger partial charge in [0.25, 0.3) is 5.91 Å². The summed E-state index contributed by atoms with van der Waals surface area (Å²) in [7, 11) is 2.13. The van der Waals surface area contributed by atoms with Crippen LogP contribution in [0, 0.1) is 6.92 Å². The minimum atomic E-state index is -0.0346. The highest BCUT2D eigenvalue weighted by molar-refractivity contribution is 5.93. The van der Waals surface area contributed by atoms with E-state index in [1.807, 2.05) is 46.8 Å². The maximum absolute atomic E-state index is 13.3. The van der Waals surface area contributed by atoms with Gasteiger partial charge in [0.1, 0.15) is 0 Å². The molecule has 0 radical (unpaired) electrons. The fraction of sp³-hybridized carbons (Fsp3) is 0.308. The molecule has 1 aliphatic rings. The summed E-state index contributed by atoms with van der Waals surface area (Å²) in [6.07, 6.45) is 2.72. The number of carbonyl (C=O) groups excluding carboxylic acids is 1. The molecule has 5 rings (SSSR count). The topological polar surface area (TPSA) is 67.2 Å². The van der Waals surface area contributed by atoms with Gasteiger partial charge in [0.15, 0.2) is 5.69 Å². The van der Waals surface area contributed by atoms with Gasteiger partial charge in [0.05, 0.1) is 17.8 Å². The normalized spacial score (nSPS) is 16.9. The first-order valence-electron chi connectivity index (χ1n) is 11.4. The van der Waals surface area contributed by atoms with Gasteiger partial charge in [0, 0.05) is 37.3 Å². The van der Waals surface area contributed by atoms with Gasteiger partial charge in [-0.25, -0.2) is 4.68 Å². The molecule has 1 amide bonds. The van der Waals surface area contributed by atoms with Crippen LogP contribution in [0.15, 0.2) is 66.9 Å². The molecule has 0 spiro atoms. The highest BCUT2D eigenvalue weighted by atomic mass is 16.2. The molecular weight excluding hydrogens is 412 g/mol. The molecule has 3 heterocycles. The van der Waals surface area contributed by atoms with Crippen molar-refractivity contribution in [3.05, 3.63) is 89.4 Å². The lowest BCUT2D eigenvalue weighted by molar-refractivity contribution is 0.0541. The standard InChI is InChI=1S/C26H28N6O/c1-19-25(28-29-32(19)17-21-10-11-24-22(15-21)9-6-12-27-24)26(33)31-14-13-30(2)23(18-31)16-20-7-4-3-5-8-20/h3-12,15,23H,13-14,16-18H2,1-2H3. The zero-order valence-corrected chi connectivity index (χ0v) is 19.1. The zero-order valence-electron chi connectivity index (χ0n) is 19.1. The van der Waals surface area contributed by atoms with Crippen LogP contribution in [0.4, 0.5) is 0 Å². The molecule has 4 aromatic rings. The van der Waals surface area contributed by atoms with E-state index in [2.05, 4.69) is 57.6 Å². The molecule has 2 aromatic heterocycles. The number of fused-ring (bicyclic) bond motifs is 1. The van der Waals surface area contributed by atoms with Gasteiger partial charge in [-0.05, 0) is 49.7 Å². The van der Waals surface area contributed by atoms with E-state index in [0.29, 0.717) is 25.3 Å². The number of hydrogen-bond acceptors (Lipinski definition) is 5. The Balaban J connectivity index is 1.30. The molecule has 168 valence electrons. The quantitative estimate of drug-likeness (QED) is 0.477. The van der Waals surface area contributed by atoms with Crippen molar-refractivity contribution < 1.29 is 4.79 Å². The summed E-state index contributed by atoms with van der Waals surface area (Å²) in [5.41, 5.74) is 4.60. The zero-order chi connectivity index (χ0) is 22.8. The summed E-state index contributed by atoms with van der Waals surface area (Å²) in [5, 5.41) is 9.66. The Labute approximate surface area is 193 Å². The summed E-state index contributed by atoms with van der Waals surface area (Å²) in [6.45, 7) is 4.73. The molecule has 0 aliphatic carbocycles. The fourth-order valence-corrected chi connectivity index (χ4v) is 4.49. The Kier molecular flexibility index (Phi) is 5.88. The number of rotatable bonds is 5. The summed E-state index contributed by atoms with van der Waals surface area (Å²) in [6, 6.07) is 20.9. The van der Waals surface area contributed by atoms with Crippen molar-refractivity contribution in [2.75, 3.05) is 26.7 Å². The van der Waals surface area contributed by atoms with E-state index in [0.717, 1.165) is 35.1 Å². The first kappa shape index (κ1) is 21.3. The van der Waals surface area contributed by atoms with Gasteiger partial charge < -0.3 is 4.90 Å². The van der Waals surface area contributed by atoms with E-state index in [1.165, 1.54) is 5.56 Å². The Morgan fingerprint density at radius 1 is 1.03 bits per heavy atom. The number of amides is 1. The highest BCUT2D eigenvalue weighted by Gasteiger charge is 2.30. The smallest absolute Gasteiger partial charge is 0.276 e. The molecular formula is C26H28N6O. The number of likely N-dealkylation sites (N-methyl/N-ethyl adjacent to an activating group) is 1. The van der Waals surface area contributed by atoms with E-state index >= 15 is 0 Å². The second-order valence-corrected chi connectivity index (χ2v) is 8.79. The summed E-state index contributed by atoms with van der Waals surface area (Å²) in [4.78, 5) is 22.0. The second-order valence-electron chi connectivity index (χ2n) is 8.79. The molecule has 1 aliphatic heterocycles. The maximum atomic E-state index is 13.3. The average molecular weight is 441 g/mol. The molecule has 1 atom stereocenters. The lowest BCUT2D eigenvalue weighted by Gasteiger charge is -2.39. The third-order valence-electron chi connectivity index (χ3n) is 6.56. The first-order valence-corrected chi connectivity index (χ1v) is 11.4. The van der Waals surface area contributed by atoms with E-state index < -0.39 is 0 Å². The molecule has 7 nitrogen and oxygen atoms in total. The number of nitrogens with zero attached hydrogens (tertiary/aromatic N) is 6. The Bertz CT molecular complexity index is 1270. The van der Waals surface area contributed by atoms with Crippen molar-refractivity contribution in [3.63, 3.8) is 0 Å². The van der Waals surface area contributed by atoms with Crippen molar-refractivity contribution in [1.29, 1.82) is 0 Å². The summed E-state index contributed by atoms with van der Waals surface area (Å²) in [5.74, 6) is -0.0346. The Hall–Kier alpha value is -3.58. The lowest BCUT2D eigenvalue weighted by Crippen LogP contribution is -2.54. The third-order valence-corrected chi connectivity index (χ3v) is 6.56. The number of pyridine rings is 1. The van der Waals surface area contributed by atoms with Crippen LogP contribution in [0.3, 0.4) is 0 Å². The van der Waals surface area contributed by atoms with Gasteiger partial charge in [-0.15, -0.1) is 5.10 Å². The average Bonchev–Trinajstić information content (AvgIpc) is 3.20. The number of hydrogen-bond donors (Lipinski definition) is 0. The van der Waals surface area contributed by atoms with Crippen LogP contribution in [0.25, 0.3) is 10.9 Å². The van der Waals surface area contributed by atoms with E-state index in [4.69, 9.17) is 0 Å². The SMILES string of the molecule is Cc1c(C(=O)N2CCN(C)C(Cc3ccccc3)C2)nnn1Cc1ccc2ncccc2c1. The van der Waals surface area contributed by atoms with E-state index in [1.54, 1.807) is 6.20 Å². The largest absolute Gasteiger partial charge is 0.334 e. The highest BCUT2D eigenvalue weighted by Crippen LogP contribution is 2.18. The van der Waals surface area contributed by atoms with Crippen molar-refractivity contribution in [2.24, 2.45) is 0 Å². The Morgan fingerprint density at radius 3 is 2.73 bits per heavy atom. The minimum absolute atomic E-state index is 0.0346. The molecule has 0 bridgehead atoms. The Morgan fingerprint density at radius 2 is 1.88 bits per heavy atom. The molecule has 0 saturated carbocycles. The number of piperazine rings is 1. The van der Waals surface area contributed by atoms with Crippen molar-refractivity contribution in [3.8, 4) is 0 Å². The minimum Gasteiger partial charge on any atom is -0.334 e. The predicted molar refractivity (Wildman–Crippen MR) is 128 cm³/mol. The molecule has 33 heavy (non-hydrogen) atoms. The van der Waals surface area contributed by atoms with Gasteiger partial charge >= 0.3 is 0 Å². The van der Waals surface area contributed by atoms with Crippen molar-refractivity contribution in [2.45, 2.75) is 25.9 Å². The van der Waals surface area contributed by atoms with Crippen molar-refractivity contribution in [1.82, 2.24) is 29.8 Å². The van der Waals surface area contributed by atoms with Gasteiger partial charge in [-0.2, -0.15) is 0 Å². The van der Waals surface area contributed by atoms with Gasteiger partial charge in [0.2, 0.25) is 0 Å². The summed E-state index contributed by atoms with van der Waals surface area (Å²) >= 11 is 0. The summed E-state index contributed by atoms with van der Waals surface area (Å²) < 4.78 is 1.81. The lowest BCUT2D eigenvalue weighted by atomic mass is 10.0. The number of benzene rings is 2. The van der Waals surface area contributed by atoms with Crippen LogP contribution in [-0.4, -0.2) is 68.4 Å². The first-order chi connectivity index (χ1) is 16.1. The van der Waals surface area contributed by atoms with E-state index in [-0.39, 0.29) is 11.9 Å². The molecule has 2 aromatic carbocycles. The van der Waals surface area contributed by atoms with Crippen LogP contribution in [0.1, 0.15) is 27.3 Å². The molecule has 0 N–H and O–H groups in total. The van der Waals surface area contributed by atoms with Gasteiger partial charge in [-0.1, -0.05) is 47.7 Å². The monoisotopic (exact) mass is 440 g/mol. The predicted octanol–water partition coefficient (Wildman–Crippen LogP) is 3.18. The molecule has 7 heteroatoms. The number of carbonyl (C=O) groups is 1. The van der Waals surface area contributed by atoms with E-state index in [9.17, 15) is 4.79 Å². The van der Waals surface area contributed by atoms with Crippen LogP contribution in [0.2, 0.25) is 0 Å². The molecule has 1 unspecified atom stereocenters. The van der Waals surface area contributed by atoms with Crippen LogP contribution in [0.5, 0.6) is 0 Å².